The molecular formula is C11H15NO3. The van der Waals surface area contributed by atoms with Crippen LogP contribution in [0.25, 0.3) is 0 Å². The molecule has 1 rings (SSSR count). The second-order valence-electron chi connectivity index (χ2n) is 3.42. The first kappa shape index (κ1) is 11.7. The van der Waals surface area contributed by atoms with Crippen molar-refractivity contribution in [2.75, 3.05) is 6.61 Å². The van der Waals surface area contributed by atoms with Gasteiger partial charge in [0.05, 0.1) is 6.42 Å². The van der Waals surface area contributed by atoms with E-state index in [2.05, 4.69) is 0 Å². The van der Waals surface area contributed by atoms with Crippen LogP contribution >= 0.6 is 0 Å². The predicted molar refractivity (Wildman–Crippen MR) is 56.4 cm³/mol. The number of aliphatic hydroxyl groups is 1. The summed E-state index contributed by atoms with van der Waals surface area (Å²) in [4.78, 5) is 10.5. The van der Waals surface area contributed by atoms with Crippen LogP contribution in [0, 0.1) is 0 Å². The van der Waals surface area contributed by atoms with E-state index in [1.807, 2.05) is 18.2 Å². The summed E-state index contributed by atoms with van der Waals surface area (Å²) >= 11 is 0. The lowest BCUT2D eigenvalue weighted by Crippen LogP contribution is -2.15. The Labute approximate surface area is 88.3 Å². The molecule has 0 radical (unpaired) electrons. The molecule has 15 heavy (non-hydrogen) atoms. The Morgan fingerprint density at radius 3 is 2.80 bits per heavy atom. The zero-order valence-corrected chi connectivity index (χ0v) is 8.39. The van der Waals surface area contributed by atoms with Gasteiger partial charge < -0.3 is 15.9 Å². The van der Waals surface area contributed by atoms with E-state index in [0.29, 0.717) is 6.42 Å². The molecule has 0 saturated carbocycles. The second kappa shape index (κ2) is 5.48. The summed E-state index contributed by atoms with van der Waals surface area (Å²) in [6.45, 7) is 0.0810. The van der Waals surface area contributed by atoms with Crippen LogP contribution in [-0.2, 0) is 11.2 Å². The van der Waals surface area contributed by atoms with Crippen molar-refractivity contribution in [1.82, 2.24) is 0 Å². The van der Waals surface area contributed by atoms with Crippen LogP contribution < -0.4 is 5.73 Å². The van der Waals surface area contributed by atoms with Crippen molar-refractivity contribution >= 4 is 5.97 Å². The molecule has 0 saturated heterocycles. The summed E-state index contributed by atoms with van der Waals surface area (Å²) in [6.07, 6.45) is 0.482. The van der Waals surface area contributed by atoms with Crippen molar-refractivity contribution in [3.05, 3.63) is 35.4 Å². The zero-order chi connectivity index (χ0) is 11.3. The number of nitrogens with two attached hydrogens (primary N) is 1. The first-order valence-electron chi connectivity index (χ1n) is 4.80. The van der Waals surface area contributed by atoms with E-state index in [9.17, 15) is 4.79 Å². The smallest absolute Gasteiger partial charge is 0.305 e. The minimum Gasteiger partial charge on any atom is -0.481 e. The Kier molecular flexibility index (Phi) is 4.27. The van der Waals surface area contributed by atoms with E-state index in [1.165, 1.54) is 0 Å². The maximum Gasteiger partial charge on any atom is 0.305 e. The van der Waals surface area contributed by atoms with Crippen LogP contribution in [0.5, 0.6) is 0 Å². The summed E-state index contributed by atoms with van der Waals surface area (Å²) in [7, 11) is 0. The Hall–Kier alpha value is -1.39. The number of aliphatic carboxylic acids is 1. The largest absolute Gasteiger partial charge is 0.481 e. The average molecular weight is 209 g/mol. The highest BCUT2D eigenvalue weighted by Crippen LogP contribution is 2.15. The van der Waals surface area contributed by atoms with Gasteiger partial charge in [-0.25, -0.2) is 0 Å². The molecule has 0 aliphatic heterocycles. The Morgan fingerprint density at radius 1 is 1.47 bits per heavy atom. The van der Waals surface area contributed by atoms with E-state index in [-0.39, 0.29) is 13.0 Å². The first-order valence-corrected chi connectivity index (χ1v) is 4.80. The van der Waals surface area contributed by atoms with Gasteiger partial charge in [-0.15, -0.1) is 0 Å². The van der Waals surface area contributed by atoms with Crippen LogP contribution in [0.4, 0.5) is 0 Å². The van der Waals surface area contributed by atoms with Gasteiger partial charge in [-0.05, 0) is 17.5 Å². The third-order valence-electron chi connectivity index (χ3n) is 2.17. The van der Waals surface area contributed by atoms with Gasteiger partial charge in [-0.2, -0.15) is 0 Å². The van der Waals surface area contributed by atoms with Crippen molar-refractivity contribution < 1.29 is 15.0 Å². The number of hydrogen-bond acceptors (Lipinski definition) is 3. The van der Waals surface area contributed by atoms with Gasteiger partial charge in [0.15, 0.2) is 0 Å². The lowest BCUT2D eigenvalue weighted by Gasteiger charge is -2.10. The highest BCUT2D eigenvalue weighted by Gasteiger charge is 2.10. The number of aliphatic hydroxyl groups excluding tert-OH is 1. The molecule has 0 bridgehead atoms. The summed E-state index contributed by atoms with van der Waals surface area (Å²) in [5.74, 6) is -0.907. The molecule has 4 N–H and O–H groups in total. The molecule has 1 aromatic carbocycles. The van der Waals surface area contributed by atoms with Gasteiger partial charge in [0.2, 0.25) is 0 Å². The minimum absolute atomic E-state index is 0.0808. The molecule has 82 valence electrons. The number of hydrogen-bond donors (Lipinski definition) is 3. The average Bonchev–Trinajstić information content (AvgIpc) is 2.17. The standard InChI is InChI=1S/C11H15NO3/c12-10(7-11(14)15)9-3-1-2-8(6-9)4-5-13/h1-3,6,10,13H,4-5,7,12H2,(H,14,15). The highest BCUT2D eigenvalue weighted by molar-refractivity contribution is 5.67. The predicted octanol–water partition coefficient (Wildman–Crippen LogP) is 0.696. The zero-order valence-electron chi connectivity index (χ0n) is 8.39. The summed E-state index contributed by atoms with van der Waals surface area (Å²) in [5.41, 5.74) is 7.48. The quantitative estimate of drug-likeness (QED) is 0.666. The third-order valence-corrected chi connectivity index (χ3v) is 2.17. The van der Waals surface area contributed by atoms with Crippen LogP contribution in [0.1, 0.15) is 23.6 Å². The number of rotatable bonds is 5. The summed E-state index contributed by atoms with van der Waals surface area (Å²) < 4.78 is 0. The minimum atomic E-state index is -0.907. The fraction of sp³-hybridized carbons (Fsp3) is 0.364. The van der Waals surface area contributed by atoms with E-state index in [0.717, 1.165) is 11.1 Å². The molecule has 1 atom stereocenters. The van der Waals surface area contributed by atoms with E-state index in [4.69, 9.17) is 15.9 Å². The number of carboxylic acid groups (broad SMARTS) is 1. The van der Waals surface area contributed by atoms with Crippen LogP contribution in [0.2, 0.25) is 0 Å². The summed E-state index contributed by atoms with van der Waals surface area (Å²) in [6, 6.07) is 6.86. The Bertz CT molecular complexity index is 338. The fourth-order valence-corrected chi connectivity index (χ4v) is 1.41. The molecule has 0 spiro atoms. The van der Waals surface area contributed by atoms with Gasteiger partial charge >= 0.3 is 5.97 Å². The van der Waals surface area contributed by atoms with E-state index in [1.54, 1.807) is 6.07 Å². The maximum atomic E-state index is 10.5. The van der Waals surface area contributed by atoms with Gasteiger partial charge in [-0.3, -0.25) is 4.79 Å². The second-order valence-corrected chi connectivity index (χ2v) is 3.42. The number of benzene rings is 1. The Balaban J connectivity index is 2.75. The molecule has 0 fully saturated rings. The van der Waals surface area contributed by atoms with Gasteiger partial charge in [0.1, 0.15) is 0 Å². The van der Waals surface area contributed by atoms with Crippen molar-refractivity contribution in [2.24, 2.45) is 5.73 Å². The van der Waals surface area contributed by atoms with E-state index >= 15 is 0 Å². The molecule has 0 aliphatic rings. The van der Waals surface area contributed by atoms with E-state index < -0.39 is 12.0 Å². The normalized spacial score (nSPS) is 12.4. The topological polar surface area (TPSA) is 83.6 Å². The fourth-order valence-electron chi connectivity index (χ4n) is 1.41. The molecule has 0 amide bonds. The first-order chi connectivity index (χ1) is 7.13. The van der Waals surface area contributed by atoms with Crippen LogP contribution in [-0.4, -0.2) is 22.8 Å². The van der Waals surface area contributed by atoms with Crippen molar-refractivity contribution in [1.29, 1.82) is 0 Å². The van der Waals surface area contributed by atoms with Crippen LogP contribution in [0.15, 0.2) is 24.3 Å². The van der Waals surface area contributed by atoms with Crippen molar-refractivity contribution in [2.45, 2.75) is 18.9 Å². The summed E-state index contributed by atoms with van der Waals surface area (Å²) in [5, 5.41) is 17.4. The number of carboxylic acids is 1. The SMILES string of the molecule is NC(CC(=O)O)c1cccc(CCO)c1. The highest BCUT2D eigenvalue weighted by atomic mass is 16.4. The van der Waals surface area contributed by atoms with Gasteiger partial charge in [0, 0.05) is 12.6 Å². The lowest BCUT2D eigenvalue weighted by molar-refractivity contribution is -0.137. The number of carbonyl (C=O) groups is 1. The molecule has 0 aliphatic carbocycles. The molecule has 4 nitrogen and oxygen atoms in total. The van der Waals surface area contributed by atoms with Crippen LogP contribution in [0.3, 0.4) is 0 Å². The maximum absolute atomic E-state index is 10.5. The van der Waals surface area contributed by atoms with Crippen molar-refractivity contribution in [3.63, 3.8) is 0 Å². The molecule has 1 unspecified atom stereocenters. The van der Waals surface area contributed by atoms with Gasteiger partial charge in [0.25, 0.3) is 0 Å². The lowest BCUT2D eigenvalue weighted by atomic mass is 10.0. The monoisotopic (exact) mass is 209 g/mol. The molecular weight excluding hydrogens is 194 g/mol. The molecule has 4 heteroatoms. The third kappa shape index (κ3) is 3.69. The molecule has 0 heterocycles. The van der Waals surface area contributed by atoms with Crippen molar-refractivity contribution in [3.8, 4) is 0 Å². The molecule has 1 aromatic rings. The molecule has 0 aromatic heterocycles. The van der Waals surface area contributed by atoms with Gasteiger partial charge in [-0.1, -0.05) is 24.3 Å². The Morgan fingerprint density at radius 2 is 2.20 bits per heavy atom.